The van der Waals surface area contributed by atoms with Crippen molar-refractivity contribution in [2.24, 2.45) is 4.99 Å². The smallest absolute Gasteiger partial charge is 0.0915 e. The van der Waals surface area contributed by atoms with Crippen LogP contribution in [0, 0.1) is 0 Å². The zero-order valence-electron chi connectivity index (χ0n) is 22.5. The number of aromatic nitrogens is 4. The van der Waals surface area contributed by atoms with E-state index in [2.05, 4.69) is 52.3 Å². The Morgan fingerprint density at radius 2 is 1.17 bits per heavy atom. The number of rotatable bonds is 4. The Kier molecular flexibility index (Phi) is 5.67. The van der Waals surface area contributed by atoms with Crippen molar-refractivity contribution < 1.29 is 0 Å². The molecular formula is C36H24N6. The Labute approximate surface area is 241 Å². The fourth-order valence-corrected chi connectivity index (χ4v) is 5.35. The van der Waals surface area contributed by atoms with Crippen LogP contribution in [0.2, 0.25) is 0 Å². The van der Waals surface area contributed by atoms with Gasteiger partial charge in [0.1, 0.15) is 0 Å². The van der Waals surface area contributed by atoms with Crippen molar-refractivity contribution in [2.75, 3.05) is 5.32 Å². The van der Waals surface area contributed by atoms with Gasteiger partial charge in [0.15, 0.2) is 0 Å². The summed E-state index contributed by atoms with van der Waals surface area (Å²) in [7, 11) is 0. The minimum absolute atomic E-state index is 0.858. The van der Waals surface area contributed by atoms with Crippen LogP contribution in [0.25, 0.3) is 50.2 Å². The molecule has 1 aliphatic heterocycles. The van der Waals surface area contributed by atoms with Gasteiger partial charge in [-0.15, -0.1) is 0 Å². The van der Waals surface area contributed by atoms with Gasteiger partial charge < -0.3 is 9.88 Å². The Bertz CT molecular complexity index is 2270. The van der Waals surface area contributed by atoms with Crippen molar-refractivity contribution in [3.8, 4) is 17.1 Å². The average Bonchev–Trinajstić information content (AvgIpc) is 3.04. The molecule has 8 rings (SSSR count). The minimum Gasteiger partial charge on any atom is -0.355 e. The fraction of sp³-hybridized carbons (Fsp3) is 0. The molecule has 0 fully saturated rings. The summed E-state index contributed by atoms with van der Waals surface area (Å²) in [6.45, 7) is 0. The van der Waals surface area contributed by atoms with Crippen LogP contribution in [-0.4, -0.2) is 19.5 Å². The summed E-state index contributed by atoms with van der Waals surface area (Å²) in [4.78, 5) is 19.4. The first kappa shape index (κ1) is 24.0. The van der Waals surface area contributed by atoms with E-state index >= 15 is 0 Å². The monoisotopic (exact) mass is 540 g/mol. The Balaban J connectivity index is 1.13. The maximum absolute atomic E-state index is 4.94. The van der Waals surface area contributed by atoms with Crippen LogP contribution in [0.4, 0.5) is 17.1 Å². The van der Waals surface area contributed by atoms with E-state index < -0.39 is 0 Å². The molecule has 42 heavy (non-hydrogen) atoms. The van der Waals surface area contributed by atoms with E-state index in [4.69, 9.17) is 19.9 Å². The lowest BCUT2D eigenvalue weighted by Gasteiger charge is -2.18. The van der Waals surface area contributed by atoms with Crippen LogP contribution in [0.3, 0.4) is 0 Å². The highest BCUT2D eigenvalue weighted by molar-refractivity contribution is 5.88. The van der Waals surface area contributed by atoms with Crippen molar-refractivity contribution >= 4 is 50.2 Å². The first-order valence-electron chi connectivity index (χ1n) is 13.8. The minimum atomic E-state index is 0.858. The van der Waals surface area contributed by atoms with E-state index in [-0.39, 0.29) is 0 Å². The van der Waals surface area contributed by atoms with Crippen molar-refractivity contribution in [1.29, 1.82) is 0 Å². The second-order valence-electron chi connectivity index (χ2n) is 10.1. The molecule has 6 nitrogen and oxygen atoms in total. The Morgan fingerprint density at radius 1 is 0.500 bits per heavy atom. The first-order valence-corrected chi connectivity index (χ1v) is 13.8. The number of fused-ring (bicyclic) bond motifs is 4. The second kappa shape index (κ2) is 9.94. The molecule has 198 valence electrons. The maximum Gasteiger partial charge on any atom is 0.0915 e. The number of benzene rings is 6. The highest BCUT2D eigenvalue weighted by Gasteiger charge is 2.13. The number of hydrogen-bond donors (Lipinski definition) is 1. The molecule has 0 bridgehead atoms. The average molecular weight is 541 g/mol. The highest BCUT2D eigenvalue weighted by atomic mass is 15.0. The normalized spacial score (nSPS) is 12.0. The summed E-state index contributed by atoms with van der Waals surface area (Å²) in [6, 6.07) is 46.9. The van der Waals surface area contributed by atoms with E-state index in [9.17, 15) is 0 Å². The molecular weight excluding hydrogens is 516 g/mol. The molecule has 1 aliphatic carbocycles. The van der Waals surface area contributed by atoms with Crippen molar-refractivity contribution in [3.05, 3.63) is 145 Å². The fourth-order valence-electron chi connectivity index (χ4n) is 5.35. The molecule has 1 N–H and O–H groups in total. The van der Waals surface area contributed by atoms with Crippen LogP contribution in [-0.2, 0) is 0 Å². The highest BCUT2D eigenvalue weighted by Crippen LogP contribution is 2.28. The van der Waals surface area contributed by atoms with Gasteiger partial charge in [0.25, 0.3) is 0 Å². The predicted molar refractivity (Wildman–Crippen MR) is 170 cm³/mol. The lowest BCUT2D eigenvalue weighted by Crippen LogP contribution is -2.10. The number of hydrogen-bond acceptors (Lipinski definition) is 5. The van der Waals surface area contributed by atoms with E-state index in [1.807, 2.05) is 97.1 Å². The molecule has 2 aliphatic rings. The van der Waals surface area contributed by atoms with E-state index in [1.165, 1.54) is 0 Å². The van der Waals surface area contributed by atoms with Gasteiger partial charge in [0.2, 0.25) is 0 Å². The van der Waals surface area contributed by atoms with Crippen LogP contribution in [0.5, 0.6) is 0 Å². The molecule has 6 aromatic rings. The third-order valence-corrected chi connectivity index (χ3v) is 7.33. The third kappa shape index (κ3) is 4.41. The summed E-state index contributed by atoms with van der Waals surface area (Å²) in [5, 5.41) is 4.35. The van der Waals surface area contributed by atoms with Crippen LogP contribution >= 0.6 is 0 Å². The standard InChI is InChI=1S/C36H24N6/c1-2-8-28(9-3-1)42-35-13-7-6-12-32(35)41-33-21-19-27(23-36(33)42)38-25-16-14-24(15-17-25)37-26-18-20-31-34(22-26)40-30-11-5-4-10-29(30)39-31/h1-23,37H. The van der Waals surface area contributed by atoms with Gasteiger partial charge in [-0.2, -0.15) is 0 Å². The van der Waals surface area contributed by atoms with E-state index in [1.54, 1.807) is 0 Å². The topological polar surface area (TPSA) is 68.0 Å². The van der Waals surface area contributed by atoms with E-state index in [0.717, 1.165) is 72.6 Å². The predicted octanol–water partition coefficient (Wildman–Crippen LogP) is 8.20. The number of para-hydroxylation sites is 5. The van der Waals surface area contributed by atoms with Crippen molar-refractivity contribution in [2.45, 2.75) is 0 Å². The Hall–Kier alpha value is -5.88. The summed E-state index contributed by atoms with van der Waals surface area (Å²) in [6.07, 6.45) is 0. The second-order valence-corrected chi connectivity index (χ2v) is 10.1. The van der Waals surface area contributed by atoms with Gasteiger partial charge in [-0.05, 0) is 97.1 Å². The molecule has 0 saturated heterocycles. The van der Waals surface area contributed by atoms with Crippen LogP contribution < -0.4 is 10.7 Å². The summed E-state index contributed by atoms with van der Waals surface area (Å²) >= 11 is 0. The van der Waals surface area contributed by atoms with Gasteiger partial charge in [0, 0.05) is 17.1 Å². The summed E-state index contributed by atoms with van der Waals surface area (Å²) < 4.78 is 2.25. The van der Waals surface area contributed by atoms with Crippen LogP contribution in [0.1, 0.15) is 0 Å². The van der Waals surface area contributed by atoms with Crippen molar-refractivity contribution in [3.63, 3.8) is 0 Å². The Morgan fingerprint density at radius 3 is 1.98 bits per heavy atom. The van der Waals surface area contributed by atoms with E-state index in [0.29, 0.717) is 0 Å². The molecule has 5 aromatic carbocycles. The van der Waals surface area contributed by atoms with Gasteiger partial charge in [0.05, 0.1) is 55.5 Å². The summed E-state index contributed by atoms with van der Waals surface area (Å²) in [5.74, 6) is 0. The molecule has 6 heteroatoms. The summed E-state index contributed by atoms with van der Waals surface area (Å²) in [5.41, 5.74) is 11.3. The van der Waals surface area contributed by atoms with Crippen molar-refractivity contribution in [1.82, 2.24) is 19.5 Å². The largest absolute Gasteiger partial charge is 0.355 e. The molecule has 0 amide bonds. The number of nitrogens with one attached hydrogen (secondary N) is 1. The number of nitrogens with zero attached hydrogens (tertiary/aromatic N) is 5. The third-order valence-electron chi connectivity index (χ3n) is 7.33. The zero-order chi connectivity index (χ0) is 27.9. The van der Waals surface area contributed by atoms with Gasteiger partial charge >= 0.3 is 0 Å². The molecule has 0 atom stereocenters. The van der Waals surface area contributed by atoms with Crippen LogP contribution in [0.15, 0.2) is 145 Å². The molecule has 1 aromatic heterocycles. The zero-order valence-corrected chi connectivity index (χ0v) is 22.5. The lowest BCUT2D eigenvalue weighted by atomic mass is 10.1. The molecule has 0 radical (unpaired) electrons. The lowest BCUT2D eigenvalue weighted by molar-refractivity contribution is 1.07. The van der Waals surface area contributed by atoms with Gasteiger partial charge in [-0.25, -0.2) is 19.9 Å². The molecule has 0 unspecified atom stereocenters. The SMILES string of the molecule is c1ccc(-n2c3cc(=Nc4ccc(Nc5ccc6nc7ccccc7nc6c5)cc4)ccc-3nc3ccccc32)cc1. The van der Waals surface area contributed by atoms with Gasteiger partial charge in [-0.1, -0.05) is 42.5 Å². The molecule has 0 spiro atoms. The quantitative estimate of drug-likeness (QED) is 0.229. The first-order chi connectivity index (χ1) is 20.8. The number of anilines is 2. The molecule has 0 saturated carbocycles. The maximum atomic E-state index is 4.94. The van der Waals surface area contributed by atoms with Gasteiger partial charge in [-0.3, -0.25) is 0 Å². The molecule has 2 heterocycles.